The lowest BCUT2D eigenvalue weighted by Gasteiger charge is -2.15. The maximum Gasteiger partial charge on any atom is 0.418 e. The van der Waals surface area contributed by atoms with Crippen molar-refractivity contribution in [1.29, 1.82) is 0 Å². The number of halogens is 4. The molecule has 0 bridgehead atoms. The number of benzene rings is 2. The zero-order chi connectivity index (χ0) is 14.8. The van der Waals surface area contributed by atoms with Gasteiger partial charge in [-0.15, -0.1) is 0 Å². The zero-order valence-corrected chi connectivity index (χ0v) is 11.8. The number of phenols is 1. The Morgan fingerprint density at radius 3 is 2.45 bits per heavy atom. The van der Waals surface area contributed by atoms with Crippen LogP contribution in [-0.4, -0.2) is 5.11 Å². The van der Waals surface area contributed by atoms with E-state index in [1.807, 2.05) is 0 Å². The van der Waals surface area contributed by atoms with Gasteiger partial charge in [-0.3, -0.25) is 0 Å². The Kier molecular flexibility index (Phi) is 4.23. The Labute approximate surface area is 122 Å². The van der Waals surface area contributed by atoms with Crippen molar-refractivity contribution in [2.24, 2.45) is 0 Å². The number of nitrogens with one attached hydrogen (secondary N) is 1. The molecule has 0 radical (unpaired) electrons. The molecule has 0 atom stereocenters. The van der Waals surface area contributed by atoms with Crippen molar-refractivity contribution in [2.45, 2.75) is 12.7 Å². The molecule has 0 unspecified atom stereocenters. The van der Waals surface area contributed by atoms with Crippen molar-refractivity contribution in [3.63, 3.8) is 0 Å². The molecule has 20 heavy (non-hydrogen) atoms. The van der Waals surface area contributed by atoms with Gasteiger partial charge in [-0.25, -0.2) is 0 Å². The van der Waals surface area contributed by atoms with Crippen LogP contribution in [0.3, 0.4) is 0 Å². The molecule has 0 amide bonds. The van der Waals surface area contributed by atoms with E-state index in [1.54, 1.807) is 18.2 Å². The van der Waals surface area contributed by atoms with E-state index in [4.69, 9.17) is 0 Å². The monoisotopic (exact) mass is 345 g/mol. The predicted octanol–water partition coefficient (Wildman–Crippen LogP) is 4.79. The number of para-hydroxylation sites is 1. The molecular formula is C14H11BrF3NO. The second-order valence-corrected chi connectivity index (χ2v) is 5.09. The van der Waals surface area contributed by atoms with Gasteiger partial charge in [0.1, 0.15) is 5.75 Å². The summed E-state index contributed by atoms with van der Waals surface area (Å²) in [7, 11) is 0. The third-order valence-corrected chi connectivity index (χ3v) is 3.24. The Bertz CT molecular complexity index is 614. The molecule has 2 nitrogen and oxygen atoms in total. The van der Waals surface area contributed by atoms with Crippen LogP contribution in [0, 0.1) is 0 Å². The van der Waals surface area contributed by atoms with Crippen molar-refractivity contribution < 1.29 is 18.3 Å². The van der Waals surface area contributed by atoms with Crippen molar-refractivity contribution >= 4 is 21.6 Å². The summed E-state index contributed by atoms with van der Waals surface area (Å²) < 4.78 is 39.2. The average Bonchev–Trinajstić information content (AvgIpc) is 2.36. The van der Waals surface area contributed by atoms with E-state index in [0.717, 1.165) is 6.07 Å². The first kappa shape index (κ1) is 14.7. The van der Waals surface area contributed by atoms with Gasteiger partial charge in [0.2, 0.25) is 0 Å². The third-order valence-electron chi connectivity index (χ3n) is 2.75. The zero-order valence-electron chi connectivity index (χ0n) is 10.2. The van der Waals surface area contributed by atoms with Crippen LogP contribution in [0.25, 0.3) is 0 Å². The molecule has 106 valence electrons. The minimum atomic E-state index is -4.43. The number of rotatable bonds is 3. The van der Waals surface area contributed by atoms with E-state index in [1.165, 1.54) is 18.2 Å². The normalized spacial score (nSPS) is 11.4. The van der Waals surface area contributed by atoms with Gasteiger partial charge in [0.15, 0.2) is 0 Å². The molecule has 0 aliphatic rings. The summed E-state index contributed by atoms with van der Waals surface area (Å²) in [6, 6.07) is 10.2. The minimum absolute atomic E-state index is 0.0323. The highest BCUT2D eigenvalue weighted by molar-refractivity contribution is 9.10. The first-order valence-corrected chi connectivity index (χ1v) is 6.55. The third kappa shape index (κ3) is 3.45. The number of hydrogen-bond acceptors (Lipinski definition) is 2. The second kappa shape index (κ2) is 5.75. The van der Waals surface area contributed by atoms with Crippen LogP contribution in [-0.2, 0) is 12.7 Å². The van der Waals surface area contributed by atoms with E-state index in [-0.39, 0.29) is 18.0 Å². The summed E-state index contributed by atoms with van der Waals surface area (Å²) >= 11 is 3.15. The van der Waals surface area contributed by atoms with Crippen LogP contribution in [0.4, 0.5) is 18.9 Å². The fraction of sp³-hybridized carbons (Fsp3) is 0.143. The van der Waals surface area contributed by atoms with Crippen molar-refractivity contribution in [3.05, 3.63) is 58.1 Å². The fourth-order valence-corrected chi connectivity index (χ4v) is 2.12. The highest BCUT2D eigenvalue weighted by atomic mass is 79.9. The Hall–Kier alpha value is -1.69. The summed E-state index contributed by atoms with van der Waals surface area (Å²) in [6.45, 7) is 0.103. The van der Waals surface area contributed by atoms with Crippen LogP contribution in [0.1, 0.15) is 11.1 Å². The number of alkyl halides is 3. The van der Waals surface area contributed by atoms with Crippen LogP contribution in [0.5, 0.6) is 5.75 Å². The Morgan fingerprint density at radius 2 is 1.80 bits per heavy atom. The van der Waals surface area contributed by atoms with E-state index >= 15 is 0 Å². The fourth-order valence-electron chi connectivity index (χ4n) is 1.76. The highest BCUT2D eigenvalue weighted by Crippen LogP contribution is 2.36. The van der Waals surface area contributed by atoms with Crippen LogP contribution < -0.4 is 5.32 Å². The largest absolute Gasteiger partial charge is 0.508 e. The maximum atomic E-state index is 12.9. The number of aromatic hydroxyl groups is 1. The average molecular weight is 346 g/mol. The van der Waals surface area contributed by atoms with Crippen LogP contribution in [0.2, 0.25) is 0 Å². The van der Waals surface area contributed by atoms with Gasteiger partial charge in [-0.1, -0.05) is 34.1 Å². The first-order valence-electron chi connectivity index (χ1n) is 5.75. The standard InChI is InChI=1S/C14H11BrF3NO/c15-10-5-6-11(14(16,17)18)12(7-10)19-8-9-3-1-2-4-13(9)20/h1-7,19-20H,8H2. The van der Waals surface area contributed by atoms with Gasteiger partial charge in [0, 0.05) is 22.3 Å². The number of phenolic OH excluding ortho intramolecular Hbond substituents is 1. The molecule has 6 heteroatoms. The van der Waals surface area contributed by atoms with Crippen LogP contribution in [0.15, 0.2) is 46.9 Å². The van der Waals surface area contributed by atoms with E-state index < -0.39 is 11.7 Å². The van der Waals surface area contributed by atoms with Crippen molar-refractivity contribution in [2.75, 3.05) is 5.32 Å². The highest BCUT2D eigenvalue weighted by Gasteiger charge is 2.33. The summed E-state index contributed by atoms with van der Waals surface area (Å²) in [5.74, 6) is 0.0450. The van der Waals surface area contributed by atoms with E-state index in [0.29, 0.717) is 10.0 Å². The minimum Gasteiger partial charge on any atom is -0.508 e. The van der Waals surface area contributed by atoms with Gasteiger partial charge in [0.05, 0.1) is 5.56 Å². The molecule has 2 aromatic carbocycles. The summed E-state index contributed by atoms with van der Waals surface area (Å²) in [5.41, 5.74) is -0.244. The first-order chi connectivity index (χ1) is 9.38. The van der Waals surface area contributed by atoms with Crippen molar-refractivity contribution in [1.82, 2.24) is 0 Å². The summed E-state index contributed by atoms with van der Waals surface area (Å²) in [5, 5.41) is 12.3. The quantitative estimate of drug-likeness (QED) is 0.838. The summed E-state index contributed by atoms with van der Waals surface area (Å²) in [4.78, 5) is 0. The molecule has 0 fully saturated rings. The Balaban J connectivity index is 2.25. The molecule has 0 aliphatic heterocycles. The van der Waals surface area contributed by atoms with Gasteiger partial charge in [-0.2, -0.15) is 13.2 Å². The Morgan fingerprint density at radius 1 is 1.10 bits per heavy atom. The molecule has 0 aliphatic carbocycles. The smallest absolute Gasteiger partial charge is 0.418 e. The van der Waals surface area contributed by atoms with Gasteiger partial charge < -0.3 is 10.4 Å². The molecule has 0 saturated carbocycles. The predicted molar refractivity (Wildman–Crippen MR) is 74.6 cm³/mol. The van der Waals surface area contributed by atoms with Crippen molar-refractivity contribution in [3.8, 4) is 5.75 Å². The molecule has 0 aromatic heterocycles. The SMILES string of the molecule is Oc1ccccc1CNc1cc(Br)ccc1C(F)(F)F. The van der Waals surface area contributed by atoms with Crippen LogP contribution >= 0.6 is 15.9 Å². The molecular weight excluding hydrogens is 335 g/mol. The maximum absolute atomic E-state index is 12.9. The molecule has 0 spiro atoms. The molecule has 0 saturated heterocycles. The molecule has 2 N–H and O–H groups in total. The molecule has 2 aromatic rings. The number of hydrogen-bond donors (Lipinski definition) is 2. The summed E-state index contributed by atoms with van der Waals surface area (Å²) in [6.07, 6.45) is -4.43. The van der Waals surface area contributed by atoms with Gasteiger partial charge in [-0.05, 0) is 24.3 Å². The van der Waals surface area contributed by atoms with Gasteiger partial charge >= 0.3 is 6.18 Å². The van der Waals surface area contributed by atoms with E-state index in [2.05, 4.69) is 21.2 Å². The number of anilines is 1. The topological polar surface area (TPSA) is 32.3 Å². The lowest BCUT2D eigenvalue weighted by atomic mass is 10.1. The molecule has 0 heterocycles. The van der Waals surface area contributed by atoms with E-state index in [9.17, 15) is 18.3 Å². The lowest BCUT2D eigenvalue weighted by molar-refractivity contribution is -0.137. The second-order valence-electron chi connectivity index (χ2n) is 4.17. The molecule has 2 rings (SSSR count). The lowest BCUT2D eigenvalue weighted by Crippen LogP contribution is -2.10. The van der Waals surface area contributed by atoms with Gasteiger partial charge in [0.25, 0.3) is 0 Å².